The molecule has 33 heavy (non-hydrogen) atoms. The number of aromatic nitrogens is 2. The van der Waals surface area contributed by atoms with Gasteiger partial charge in [-0.1, -0.05) is 80.2 Å². The van der Waals surface area contributed by atoms with Gasteiger partial charge in [-0.05, 0) is 46.5 Å². The van der Waals surface area contributed by atoms with Gasteiger partial charge in [-0.3, -0.25) is 0 Å². The van der Waals surface area contributed by atoms with E-state index in [2.05, 4.69) is 58.8 Å². The lowest BCUT2D eigenvalue weighted by molar-refractivity contribution is 0.401. The topological polar surface area (TPSA) is 58.0 Å². The number of rotatable bonds is 8. The van der Waals surface area contributed by atoms with Gasteiger partial charge >= 0.3 is 0 Å². The molecule has 0 bridgehead atoms. The zero-order chi connectivity index (χ0) is 23.4. The molecule has 0 radical (unpaired) electrons. The highest BCUT2D eigenvalue weighted by Gasteiger charge is 2.13. The average Bonchev–Trinajstić information content (AvgIpc) is 2.81. The van der Waals surface area contributed by atoms with Crippen molar-refractivity contribution >= 4 is 33.8 Å². The molecule has 0 unspecified atom stereocenters. The van der Waals surface area contributed by atoms with Crippen LogP contribution in [0.5, 0.6) is 0 Å². The molecule has 3 aromatic carbocycles. The zero-order valence-electron chi connectivity index (χ0n) is 18.6. The summed E-state index contributed by atoms with van der Waals surface area (Å²) in [5.41, 5.74) is 5.51. The Morgan fingerprint density at radius 2 is 1.70 bits per heavy atom. The Kier molecular flexibility index (Phi) is 6.76. The van der Waals surface area contributed by atoms with Gasteiger partial charge in [0.15, 0.2) is 0 Å². The van der Waals surface area contributed by atoms with Gasteiger partial charge in [0.1, 0.15) is 11.0 Å². The van der Waals surface area contributed by atoms with Crippen molar-refractivity contribution in [3.05, 3.63) is 119 Å². The third kappa shape index (κ3) is 5.41. The summed E-state index contributed by atoms with van der Waals surface area (Å²) in [5.74, 6) is 0.710. The summed E-state index contributed by atoms with van der Waals surface area (Å²) in [5, 5.41) is 15.7. The van der Waals surface area contributed by atoms with Crippen molar-refractivity contribution in [2.24, 2.45) is 0 Å². The molecule has 4 rings (SSSR count). The maximum atomic E-state index is 9.54. The smallest absolute Gasteiger partial charge is 0.136 e. The van der Waals surface area contributed by atoms with E-state index in [4.69, 9.17) is 11.6 Å². The van der Waals surface area contributed by atoms with Gasteiger partial charge in [0.2, 0.25) is 0 Å². The van der Waals surface area contributed by atoms with E-state index in [9.17, 15) is 5.11 Å². The van der Waals surface area contributed by atoms with Crippen LogP contribution in [-0.4, -0.2) is 15.1 Å². The maximum Gasteiger partial charge on any atom is 0.136 e. The predicted octanol–water partition coefficient (Wildman–Crippen LogP) is 7.13. The van der Waals surface area contributed by atoms with Crippen molar-refractivity contribution in [3.8, 4) is 0 Å². The Bertz CT molecular complexity index is 1330. The summed E-state index contributed by atoms with van der Waals surface area (Å²) in [6.07, 6.45) is 1.54. The number of halogens is 1. The van der Waals surface area contributed by atoms with E-state index >= 15 is 0 Å². The Morgan fingerprint density at radius 3 is 2.39 bits per heavy atom. The normalized spacial score (nSPS) is 10.8. The van der Waals surface area contributed by atoms with E-state index in [1.165, 1.54) is 10.8 Å². The zero-order valence-corrected chi connectivity index (χ0v) is 19.4. The fraction of sp³-hybridized carbons (Fsp3) is 0.143. The summed E-state index contributed by atoms with van der Waals surface area (Å²) in [6, 6.07) is 22.7. The Balaban J connectivity index is 1.46. The SMILES string of the molecule is C=C(O)Cc1c(Cl)nc(Cc2ccc(NC(=C)c3ccc4ccccc4c3)cc2)nc1CC. The van der Waals surface area contributed by atoms with E-state index in [-0.39, 0.29) is 12.2 Å². The maximum absolute atomic E-state index is 9.54. The van der Waals surface area contributed by atoms with Gasteiger partial charge in [-0.25, -0.2) is 9.97 Å². The second-order valence-electron chi connectivity index (χ2n) is 7.99. The van der Waals surface area contributed by atoms with Crippen LogP contribution in [0.15, 0.2) is 85.6 Å². The third-order valence-corrected chi connectivity index (χ3v) is 5.83. The van der Waals surface area contributed by atoms with E-state index in [1.54, 1.807) is 0 Å². The van der Waals surface area contributed by atoms with Crippen molar-refractivity contribution in [1.82, 2.24) is 9.97 Å². The van der Waals surface area contributed by atoms with Gasteiger partial charge in [0.05, 0.1) is 5.76 Å². The van der Waals surface area contributed by atoms with Crippen molar-refractivity contribution < 1.29 is 5.11 Å². The second-order valence-corrected chi connectivity index (χ2v) is 8.35. The van der Waals surface area contributed by atoms with Crippen LogP contribution < -0.4 is 5.32 Å². The molecule has 0 amide bonds. The Hall–Kier alpha value is -3.63. The van der Waals surface area contributed by atoms with Crippen molar-refractivity contribution in [1.29, 1.82) is 0 Å². The first-order valence-electron chi connectivity index (χ1n) is 10.9. The number of allylic oxidation sites excluding steroid dienone is 1. The number of nitrogens with zero attached hydrogens (tertiary/aromatic N) is 2. The van der Waals surface area contributed by atoms with Gasteiger partial charge in [0.25, 0.3) is 0 Å². The van der Waals surface area contributed by atoms with Crippen LogP contribution in [0, 0.1) is 0 Å². The summed E-state index contributed by atoms with van der Waals surface area (Å²) in [4.78, 5) is 9.10. The molecule has 1 heterocycles. The van der Waals surface area contributed by atoms with Crippen LogP contribution in [-0.2, 0) is 19.3 Å². The predicted molar refractivity (Wildman–Crippen MR) is 138 cm³/mol. The molecular formula is C28H26ClN3O. The first-order chi connectivity index (χ1) is 15.9. The van der Waals surface area contributed by atoms with Crippen LogP contribution in [0.25, 0.3) is 16.5 Å². The fourth-order valence-corrected chi connectivity index (χ4v) is 4.08. The van der Waals surface area contributed by atoms with E-state index < -0.39 is 0 Å². The minimum atomic E-state index is 0.0521. The van der Waals surface area contributed by atoms with Crippen molar-refractivity contribution in [2.45, 2.75) is 26.2 Å². The number of fused-ring (bicyclic) bond motifs is 1. The Morgan fingerprint density at radius 1 is 0.970 bits per heavy atom. The molecule has 0 aliphatic carbocycles. The van der Waals surface area contributed by atoms with E-state index in [0.29, 0.717) is 23.8 Å². The lowest BCUT2D eigenvalue weighted by Crippen LogP contribution is -2.07. The molecule has 0 atom stereocenters. The second kappa shape index (κ2) is 9.88. The molecule has 4 aromatic rings. The number of hydrogen-bond donors (Lipinski definition) is 2. The van der Waals surface area contributed by atoms with Crippen LogP contribution in [0.3, 0.4) is 0 Å². The lowest BCUT2D eigenvalue weighted by atomic mass is 10.1. The van der Waals surface area contributed by atoms with E-state index in [1.807, 2.05) is 43.3 Å². The fourth-order valence-electron chi connectivity index (χ4n) is 3.81. The number of aliphatic hydroxyl groups is 1. The summed E-state index contributed by atoms with van der Waals surface area (Å²) in [7, 11) is 0. The van der Waals surface area contributed by atoms with Crippen LogP contribution in [0.4, 0.5) is 5.69 Å². The highest BCUT2D eigenvalue weighted by Crippen LogP contribution is 2.24. The summed E-state index contributed by atoms with van der Waals surface area (Å²) in [6.45, 7) is 9.76. The number of benzene rings is 3. The van der Waals surface area contributed by atoms with Gasteiger partial charge in [0, 0.05) is 35.5 Å². The molecule has 0 fully saturated rings. The quantitative estimate of drug-likeness (QED) is 0.219. The number of aliphatic hydroxyl groups excluding tert-OH is 1. The van der Waals surface area contributed by atoms with Crippen LogP contribution in [0.1, 0.15) is 35.1 Å². The average molecular weight is 456 g/mol. The molecule has 1 aromatic heterocycles. The van der Waals surface area contributed by atoms with Crippen LogP contribution in [0.2, 0.25) is 5.15 Å². The number of anilines is 1. The molecule has 166 valence electrons. The molecule has 4 nitrogen and oxygen atoms in total. The van der Waals surface area contributed by atoms with Crippen molar-refractivity contribution in [3.63, 3.8) is 0 Å². The molecule has 0 saturated heterocycles. The molecule has 5 heteroatoms. The summed E-state index contributed by atoms with van der Waals surface area (Å²) < 4.78 is 0. The number of nitrogens with one attached hydrogen (secondary N) is 1. The Labute approximate surface area is 199 Å². The monoisotopic (exact) mass is 455 g/mol. The van der Waals surface area contributed by atoms with Gasteiger partial charge in [-0.15, -0.1) is 0 Å². The standard InChI is InChI=1S/C28H26ClN3O/c1-4-26-25(15-18(2)33)28(29)32-27(31-26)16-20-9-13-24(14-10-20)30-19(3)22-12-11-21-7-5-6-8-23(21)17-22/h5-14,17,30,33H,2-4,15-16H2,1H3. The first-order valence-corrected chi connectivity index (χ1v) is 11.3. The molecule has 2 N–H and O–H groups in total. The molecular weight excluding hydrogens is 430 g/mol. The minimum absolute atomic E-state index is 0.0521. The largest absolute Gasteiger partial charge is 0.513 e. The van der Waals surface area contributed by atoms with Crippen LogP contribution >= 0.6 is 11.6 Å². The molecule has 0 saturated carbocycles. The van der Waals surface area contributed by atoms with E-state index in [0.717, 1.165) is 33.8 Å². The molecule has 0 aliphatic heterocycles. The van der Waals surface area contributed by atoms with Gasteiger partial charge in [-0.2, -0.15) is 0 Å². The number of aryl methyl sites for hydroxylation is 1. The highest BCUT2D eigenvalue weighted by molar-refractivity contribution is 6.30. The number of hydrogen-bond acceptors (Lipinski definition) is 4. The summed E-state index contributed by atoms with van der Waals surface area (Å²) >= 11 is 6.38. The first kappa shape index (κ1) is 22.6. The third-order valence-electron chi connectivity index (χ3n) is 5.51. The van der Waals surface area contributed by atoms with Crippen molar-refractivity contribution in [2.75, 3.05) is 5.32 Å². The molecule has 0 aliphatic rings. The lowest BCUT2D eigenvalue weighted by Gasteiger charge is -2.12. The molecule has 0 spiro atoms. The van der Waals surface area contributed by atoms with Gasteiger partial charge < -0.3 is 10.4 Å². The highest BCUT2D eigenvalue weighted by atomic mass is 35.5. The minimum Gasteiger partial charge on any atom is -0.513 e.